The Hall–Kier alpha value is -3.20. The van der Waals surface area contributed by atoms with Gasteiger partial charge in [0.2, 0.25) is 0 Å². The number of carboxylic acid groups (broad SMARTS) is 1. The predicted octanol–water partition coefficient (Wildman–Crippen LogP) is 4.30. The van der Waals surface area contributed by atoms with E-state index in [0.29, 0.717) is 26.2 Å². The van der Waals surface area contributed by atoms with Crippen LogP contribution in [0.5, 0.6) is 0 Å². The van der Waals surface area contributed by atoms with E-state index >= 15 is 0 Å². The lowest BCUT2D eigenvalue weighted by Crippen LogP contribution is -2.49. The monoisotopic (exact) mass is 513 g/mol. The van der Waals surface area contributed by atoms with Crippen molar-refractivity contribution in [2.75, 3.05) is 38.0 Å². The van der Waals surface area contributed by atoms with Crippen LogP contribution in [0.2, 0.25) is 0 Å². The van der Waals surface area contributed by atoms with E-state index < -0.39 is 12.0 Å². The number of pyridine rings is 1. The van der Waals surface area contributed by atoms with E-state index in [1.54, 1.807) is 17.0 Å². The summed E-state index contributed by atoms with van der Waals surface area (Å²) in [5.74, 6) is -0.324. The van der Waals surface area contributed by atoms with E-state index in [1.165, 1.54) is 17.7 Å². The first-order valence-electron chi connectivity index (χ1n) is 13.4. The predicted molar refractivity (Wildman–Crippen MR) is 143 cm³/mol. The molecule has 3 N–H and O–H groups in total. The second-order valence-corrected chi connectivity index (χ2v) is 9.50. The summed E-state index contributed by atoms with van der Waals surface area (Å²) in [6, 6.07) is 9.32. The van der Waals surface area contributed by atoms with Gasteiger partial charge >= 0.3 is 12.0 Å². The maximum absolute atomic E-state index is 13.4. The highest BCUT2D eigenvalue weighted by Crippen LogP contribution is 2.20. The quantitative estimate of drug-likeness (QED) is 0.326. The third kappa shape index (κ3) is 9.00. The Kier molecular flexibility index (Phi) is 11.1. The Bertz CT molecular complexity index is 1010. The Morgan fingerprint density at radius 1 is 1.11 bits per heavy atom. The lowest BCUT2D eigenvalue weighted by atomic mass is 10.1. The molecule has 0 spiro atoms. The van der Waals surface area contributed by atoms with Gasteiger partial charge in [0.15, 0.2) is 0 Å². The van der Waals surface area contributed by atoms with Crippen LogP contribution in [0.15, 0.2) is 36.4 Å². The number of aromatic nitrogens is 1. The fraction of sp³-hybridized carbons (Fsp3) is 0.536. The molecule has 1 aromatic heterocycles. The highest BCUT2D eigenvalue weighted by atomic mass is 19.1. The molecular formula is C28H40FN5O3. The van der Waals surface area contributed by atoms with Crippen LogP contribution in [-0.4, -0.2) is 70.7 Å². The van der Waals surface area contributed by atoms with Gasteiger partial charge in [-0.05, 0) is 88.2 Å². The molecule has 1 aliphatic rings. The number of aryl methyl sites for hydroxylation is 2. The van der Waals surface area contributed by atoms with E-state index in [-0.39, 0.29) is 18.3 Å². The first-order chi connectivity index (χ1) is 17.9. The van der Waals surface area contributed by atoms with Crippen LogP contribution in [0.25, 0.3) is 0 Å². The van der Waals surface area contributed by atoms with E-state index in [4.69, 9.17) is 4.98 Å². The minimum absolute atomic E-state index is 0.279. The number of amides is 2. The summed E-state index contributed by atoms with van der Waals surface area (Å²) in [6.45, 7) is 7.55. The van der Waals surface area contributed by atoms with E-state index in [1.807, 2.05) is 13.8 Å². The van der Waals surface area contributed by atoms with Crippen LogP contribution in [0, 0.1) is 5.82 Å². The van der Waals surface area contributed by atoms with Gasteiger partial charge in [0.25, 0.3) is 0 Å². The van der Waals surface area contributed by atoms with Gasteiger partial charge in [-0.1, -0.05) is 18.2 Å². The summed E-state index contributed by atoms with van der Waals surface area (Å²) in [4.78, 5) is 32.8. The zero-order valence-electron chi connectivity index (χ0n) is 22.0. The number of anilines is 1. The van der Waals surface area contributed by atoms with E-state index in [0.717, 1.165) is 62.3 Å². The van der Waals surface area contributed by atoms with Crippen molar-refractivity contribution < 1.29 is 19.1 Å². The zero-order chi connectivity index (χ0) is 26.6. The molecule has 3 rings (SSSR count). The number of nitrogens with zero attached hydrogens (tertiary/aromatic N) is 3. The molecule has 37 heavy (non-hydrogen) atoms. The molecule has 0 bridgehead atoms. The van der Waals surface area contributed by atoms with Crippen LogP contribution >= 0.6 is 0 Å². The lowest BCUT2D eigenvalue weighted by Gasteiger charge is -2.26. The van der Waals surface area contributed by atoms with Gasteiger partial charge in [-0.2, -0.15) is 0 Å². The normalized spacial score (nSPS) is 13.5. The molecule has 0 aliphatic carbocycles. The largest absolute Gasteiger partial charge is 0.480 e. The van der Waals surface area contributed by atoms with Gasteiger partial charge in [0.05, 0.1) is 0 Å². The van der Waals surface area contributed by atoms with Crippen molar-refractivity contribution >= 4 is 17.8 Å². The molecule has 1 aliphatic heterocycles. The maximum atomic E-state index is 13.4. The van der Waals surface area contributed by atoms with Crippen molar-refractivity contribution in [1.29, 1.82) is 0 Å². The summed E-state index contributed by atoms with van der Waals surface area (Å²) >= 11 is 0. The summed E-state index contributed by atoms with van der Waals surface area (Å²) in [6.07, 6.45) is 5.22. The number of carbonyl (C=O) groups is 2. The number of hydrogen-bond donors (Lipinski definition) is 3. The third-order valence-electron chi connectivity index (χ3n) is 6.81. The fourth-order valence-electron chi connectivity index (χ4n) is 4.59. The number of carbonyl (C=O) groups excluding carboxylic acids is 1. The number of benzene rings is 1. The van der Waals surface area contributed by atoms with Crippen molar-refractivity contribution in [3.63, 3.8) is 0 Å². The minimum Gasteiger partial charge on any atom is -0.480 e. The van der Waals surface area contributed by atoms with Crippen LogP contribution in [0.4, 0.5) is 15.0 Å². The van der Waals surface area contributed by atoms with Crippen LogP contribution < -0.4 is 10.6 Å². The first-order valence-corrected chi connectivity index (χ1v) is 13.4. The van der Waals surface area contributed by atoms with Crippen molar-refractivity contribution in [1.82, 2.24) is 20.1 Å². The molecule has 1 atom stereocenters. The molecule has 0 saturated carbocycles. The number of aliphatic carboxylic acids is 1. The number of unbranched alkanes of at least 4 members (excludes halogenated alkanes) is 1. The molecule has 202 valence electrons. The molecule has 2 heterocycles. The standard InChI is InChI=1S/C28H40FN5O3/c1-3-34(4-2)28(37)32-25(27(35)36)16-19-33(20-21-10-13-23(29)14-11-21)18-6-5-9-24-15-12-22-8-7-17-30-26(22)31-24/h10-15,25H,3-9,16-20H2,1-2H3,(H,30,31)(H,32,37)(H,35,36)/t25-/m0/s1. The first kappa shape index (κ1) is 28.4. The van der Waals surface area contributed by atoms with Gasteiger partial charge in [0.1, 0.15) is 17.7 Å². The van der Waals surface area contributed by atoms with Gasteiger partial charge in [0, 0.05) is 38.4 Å². The lowest BCUT2D eigenvalue weighted by molar-refractivity contribution is -0.139. The maximum Gasteiger partial charge on any atom is 0.326 e. The number of halogens is 1. The molecule has 0 fully saturated rings. The smallest absolute Gasteiger partial charge is 0.326 e. The number of nitrogens with one attached hydrogen (secondary N) is 2. The minimum atomic E-state index is -1.05. The molecule has 2 aromatic rings. The molecule has 0 radical (unpaired) electrons. The Morgan fingerprint density at radius 2 is 1.86 bits per heavy atom. The second kappa shape index (κ2) is 14.5. The number of urea groups is 1. The average Bonchev–Trinajstić information content (AvgIpc) is 2.90. The van der Waals surface area contributed by atoms with Gasteiger partial charge in [-0.15, -0.1) is 0 Å². The number of rotatable bonds is 14. The van der Waals surface area contributed by atoms with Crippen molar-refractivity contribution in [2.24, 2.45) is 0 Å². The second-order valence-electron chi connectivity index (χ2n) is 9.50. The van der Waals surface area contributed by atoms with E-state index in [2.05, 4.69) is 27.7 Å². The summed E-state index contributed by atoms with van der Waals surface area (Å²) in [7, 11) is 0. The third-order valence-corrected chi connectivity index (χ3v) is 6.81. The molecular weight excluding hydrogens is 473 g/mol. The van der Waals surface area contributed by atoms with Gasteiger partial charge in [-0.3, -0.25) is 4.90 Å². The van der Waals surface area contributed by atoms with Crippen LogP contribution in [0.3, 0.4) is 0 Å². The Balaban J connectivity index is 1.56. The molecule has 0 unspecified atom stereocenters. The number of fused-ring (bicyclic) bond motifs is 1. The molecule has 1 aromatic carbocycles. The molecule has 0 saturated heterocycles. The molecule has 9 heteroatoms. The van der Waals surface area contributed by atoms with Crippen LogP contribution in [-0.2, 0) is 24.2 Å². The Labute approximate surface area is 219 Å². The molecule has 8 nitrogen and oxygen atoms in total. The highest BCUT2D eigenvalue weighted by Gasteiger charge is 2.23. The number of carboxylic acids is 1. The summed E-state index contributed by atoms with van der Waals surface area (Å²) in [5.41, 5.74) is 3.31. The zero-order valence-corrected chi connectivity index (χ0v) is 22.0. The van der Waals surface area contributed by atoms with Crippen molar-refractivity contribution in [3.05, 3.63) is 59.0 Å². The van der Waals surface area contributed by atoms with Crippen LogP contribution in [0.1, 0.15) is 56.4 Å². The summed E-state index contributed by atoms with van der Waals surface area (Å²) < 4.78 is 13.4. The van der Waals surface area contributed by atoms with E-state index in [9.17, 15) is 19.1 Å². The average molecular weight is 514 g/mol. The van der Waals surface area contributed by atoms with Gasteiger partial charge < -0.3 is 20.6 Å². The molecule has 2 amide bonds. The van der Waals surface area contributed by atoms with Gasteiger partial charge in [-0.25, -0.2) is 19.0 Å². The fourth-order valence-corrected chi connectivity index (χ4v) is 4.59. The Morgan fingerprint density at radius 3 is 2.57 bits per heavy atom. The SMILES string of the molecule is CCN(CC)C(=O)N[C@@H](CCN(CCCCc1ccc2c(n1)NCCC2)Cc1ccc(F)cc1)C(=O)O. The van der Waals surface area contributed by atoms with Crippen molar-refractivity contribution in [2.45, 2.75) is 65.0 Å². The summed E-state index contributed by atoms with van der Waals surface area (Å²) in [5, 5.41) is 15.7. The van der Waals surface area contributed by atoms with Crippen molar-refractivity contribution in [3.8, 4) is 0 Å². The highest BCUT2D eigenvalue weighted by molar-refractivity contribution is 5.82. The topological polar surface area (TPSA) is 97.8 Å². The number of hydrogen-bond acceptors (Lipinski definition) is 5.